The summed E-state index contributed by atoms with van der Waals surface area (Å²) < 4.78 is 0. The molecule has 0 bridgehead atoms. The Bertz CT molecular complexity index is 965. The van der Waals surface area contributed by atoms with Crippen LogP contribution in [0.3, 0.4) is 0 Å². The molecule has 0 saturated carbocycles. The highest BCUT2D eigenvalue weighted by molar-refractivity contribution is 6.04. The topological polar surface area (TPSA) is 79.9 Å². The molecule has 0 amide bonds. The first-order chi connectivity index (χ1) is 14.6. The van der Waals surface area contributed by atoms with Crippen LogP contribution in [0.25, 0.3) is 0 Å². The van der Waals surface area contributed by atoms with Gasteiger partial charge in [-0.1, -0.05) is 6.07 Å². The van der Waals surface area contributed by atoms with Gasteiger partial charge in [-0.25, -0.2) is 0 Å². The zero-order valence-electron chi connectivity index (χ0n) is 16.8. The van der Waals surface area contributed by atoms with Gasteiger partial charge < -0.3 is 20.9 Å². The molecule has 2 aromatic carbocycles. The Kier molecular flexibility index (Phi) is 5.06. The van der Waals surface area contributed by atoms with E-state index in [1.165, 1.54) is 12.0 Å². The van der Waals surface area contributed by atoms with Gasteiger partial charge in [0.2, 0.25) is 0 Å². The van der Waals surface area contributed by atoms with Crippen LogP contribution in [0.5, 0.6) is 5.75 Å². The minimum absolute atomic E-state index is 0. The summed E-state index contributed by atoms with van der Waals surface area (Å²) in [4.78, 5) is 17.2. The predicted octanol–water partition coefficient (Wildman–Crippen LogP) is 3.05. The average molecular weight is 408 g/mol. The lowest BCUT2D eigenvalue weighted by Gasteiger charge is -2.33. The number of phenolic OH excluding ortho intramolecular Hbond substituents is 1. The van der Waals surface area contributed by atoms with Crippen molar-refractivity contribution in [3.05, 3.63) is 65.9 Å². The molecule has 0 radical (unpaired) electrons. The number of carbonyl (C=O) groups excluding carboxylic acids is 1. The Labute approximate surface area is 177 Å². The Morgan fingerprint density at radius 3 is 2.73 bits per heavy atom. The van der Waals surface area contributed by atoms with Gasteiger partial charge in [0, 0.05) is 52.0 Å². The third-order valence-corrected chi connectivity index (χ3v) is 6.38. The molecule has 2 fully saturated rings. The van der Waals surface area contributed by atoms with E-state index in [2.05, 4.69) is 44.4 Å². The van der Waals surface area contributed by atoms with Gasteiger partial charge in [0.15, 0.2) is 5.78 Å². The first-order valence-corrected chi connectivity index (χ1v) is 10.5. The van der Waals surface area contributed by atoms with Crippen LogP contribution in [0.1, 0.15) is 23.8 Å². The Hall–Kier alpha value is -3.03. The molecule has 0 aromatic heterocycles. The van der Waals surface area contributed by atoms with E-state index >= 15 is 0 Å². The summed E-state index contributed by atoms with van der Waals surface area (Å²) in [7, 11) is 0. The predicted molar refractivity (Wildman–Crippen MR) is 119 cm³/mol. The van der Waals surface area contributed by atoms with Crippen LogP contribution >= 0.6 is 0 Å². The minimum atomic E-state index is -0.0284. The van der Waals surface area contributed by atoms with Gasteiger partial charge >= 0.3 is 0 Å². The highest BCUT2D eigenvalue weighted by Crippen LogP contribution is 2.33. The number of piperidine rings is 1. The summed E-state index contributed by atoms with van der Waals surface area (Å²) >= 11 is 0. The summed E-state index contributed by atoms with van der Waals surface area (Å²) in [5.74, 6) is 1.52. The Morgan fingerprint density at radius 2 is 1.87 bits per heavy atom. The Balaban J connectivity index is 0.00000231. The molecule has 2 saturated heterocycles. The number of likely N-dealkylation sites (tertiary alicyclic amines) is 2. The molecule has 2 atom stereocenters. The number of allylic oxidation sites excluding steroid dienone is 1. The molecule has 7 nitrogen and oxygen atoms in total. The molecule has 30 heavy (non-hydrogen) atoms. The highest BCUT2D eigenvalue weighted by atomic mass is 16.3. The molecule has 158 valence electrons. The number of nitrogens with one attached hydrogen (secondary N) is 3. The quantitative estimate of drug-likeness (QED) is 0.448. The van der Waals surface area contributed by atoms with Gasteiger partial charge in [0.05, 0.1) is 11.4 Å². The maximum absolute atomic E-state index is 12.3. The second kappa shape index (κ2) is 8.01. The van der Waals surface area contributed by atoms with Gasteiger partial charge in [-0.05, 0) is 60.2 Å². The lowest BCUT2D eigenvalue weighted by molar-refractivity contribution is 0.104. The molecule has 3 heterocycles. The largest absolute Gasteiger partial charge is 0.508 e. The molecular weight excluding hydrogens is 378 g/mol. The number of aromatic hydroxyl groups is 1. The van der Waals surface area contributed by atoms with E-state index in [1.54, 1.807) is 30.3 Å². The van der Waals surface area contributed by atoms with Crippen molar-refractivity contribution in [3.63, 3.8) is 0 Å². The van der Waals surface area contributed by atoms with Crippen molar-refractivity contribution in [1.82, 2.24) is 15.3 Å². The monoisotopic (exact) mass is 407 g/mol. The number of hydrazine groups is 2. The van der Waals surface area contributed by atoms with Crippen LogP contribution < -0.4 is 16.4 Å². The third-order valence-electron chi connectivity index (χ3n) is 6.38. The van der Waals surface area contributed by atoms with E-state index in [9.17, 15) is 9.90 Å². The molecule has 0 aliphatic carbocycles. The van der Waals surface area contributed by atoms with E-state index in [1.807, 2.05) is 6.20 Å². The van der Waals surface area contributed by atoms with E-state index in [-0.39, 0.29) is 13.0 Å². The first kappa shape index (κ1) is 19.0. The van der Waals surface area contributed by atoms with Crippen molar-refractivity contribution in [2.45, 2.75) is 13.0 Å². The smallest absolute Gasteiger partial charge is 0.187 e. The lowest BCUT2D eigenvalue weighted by atomic mass is 9.89. The van der Waals surface area contributed by atoms with Gasteiger partial charge in [0.1, 0.15) is 5.75 Å². The SMILES string of the molecule is O=C(/C=C/N1CC[C@@H]2CN(Cc3ccc4c(c3)NNN4)C[C@H]2C1)c1ccc(O)cc1.[HH]. The van der Waals surface area contributed by atoms with Crippen LogP contribution in [-0.2, 0) is 6.54 Å². The first-order valence-electron chi connectivity index (χ1n) is 10.5. The van der Waals surface area contributed by atoms with Crippen LogP contribution in [0.2, 0.25) is 0 Å². The number of fused-ring (bicyclic) bond motifs is 2. The van der Waals surface area contributed by atoms with Crippen molar-refractivity contribution < 1.29 is 11.3 Å². The third kappa shape index (κ3) is 3.99. The maximum Gasteiger partial charge on any atom is 0.187 e. The van der Waals surface area contributed by atoms with E-state index in [0.29, 0.717) is 11.5 Å². The molecule has 0 unspecified atom stereocenters. The molecule has 5 rings (SSSR count). The van der Waals surface area contributed by atoms with Gasteiger partial charge in [-0.3, -0.25) is 9.69 Å². The number of hydrogen-bond acceptors (Lipinski definition) is 7. The van der Waals surface area contributed by atoms with Crippen LogP contribution in [0, 0.1) is 11.8 Å². The zero-order valence-corrected chi connectivity index (χ0v) is 16.8. The van der Waals surface area contributed by atoms with Gasteiger partial charge in [-0.15, -0.1) is 5.53 Å². The summed E-state index contributed by atoms with van der Waals surface area (Å²) in [5, 5.41) is 9.36. The second-order valence-corrected chi connectivity index (χ2v) is 8.48. The van der Waals surface area contributed by atoms with Gasteiger partial charge in [0.25, 0.3) is 0 Å². The van der Waals surface area contributed by atoms with Crippen molar-refractivity contribution in [2.75, 3.05) is 37.0 Å². The molecule has 3 aliphatic heterocycles. The number of rotatable bonds is 5. The fraction of sp³-hybridized carbons (Fsp3) is 0.348. The van der Waals surface area contributed by atoms with Crippen molar-refractivity contribution in [1.29, 1.82) is 0 Å². The van der Waals surface area contributed by atoms with Crippen LogP contribution in [0.4, 0.5) is 11.4 Å². The van der Waals surface area contributed by atoms with Crippen molar-refractivity contribution in [2.24, 2.45) is 11.8 Å². The fourth-order valence-electron chi connectivity index (χ4n) is 4.78. The number of benzene rings is 2. The number of anilines is 2. The van der Waals surface area contributed by atoms with Crippen LogP contribution in [-0.4, -0.2) is 46.9 Å². The average Bonchev–Trinajstić information content (AvgIpc) is 3.38. The number of nitrogens with zero attached hydrogens (tertiary/aromatic N) is 2. The number of phenols is 1. The summed E-state index contributed by atoms with van der Waals surface area (Å²) in [5.41, 5.74) is 13.2. The van der Waals surface area contributed by atoms with E-state index in [4.69, 9.17) is 0 Å². The summed E-state index contributed by atoms with van der Waals surface area (Å²) in [6, 6.07) is 12.9. The molecule has 4 N–H and O–H groups in total. The highest BCUT2D eigenvalue weighted by Gasteiger charge is 2.36. The van der Waals surface area contributed by atoms with Gasteiger partial charge in [-0.2, -0.15) is 0 Å². The molecule has 0 spiro atoms. The summed E-state index contributed by atoms with van der Waals surface area (Å²) in [6.07, 6.45) is 4.76. The lowest BCUT2D eigenvalue weighted by Crippen LogP contribution is -2.36. The molecular formula is C23H29N5O2. The van der Waals surface area contributed by atoms with Crippen molar-refractivity contribution >= 4 is 17.2 Å². The number of carbonyl (C=O) groups is 1. The molecule has 7 heteroatoms. The maximum atomic E-state index is 12.3. The van der Waals surface area contributed by atoms with E-state index < -0.39 is 0 Å². The van der Waals surface area contributed by atoms with Crippen molar-refractivity contribution in [3.8, 4) is 5.75 Å². The van der Waals surface area contributed by atoms with Crippen LogP contribution in [0.15, 0.2) is 54.7 Å². The standard InChI is InChI=1S/C23H27N5O2.H2/c29-20-4-2-17(3-5-20)23(30)8-10-27-9-7-18-13-28(15-19(18)14-27)12-16-1-6-21-22(11-16)25-26-24-21;/h1-6,8,10-11,18-19,24-26,29H,7,9,12-15H2;1H/b10-8+;/t18-,19-;/m1./s1. The zero-order chi connectivity index (χ0) is 20.5. The summed E-state index contributed by atoms with van der Waals surface area (Å²) in [6.45, 7) is 5.21. The second-order valence-electron chi connectivity index (χ2n) is 8.48. The Morgan fingerprint density at radius 1 is 1.07 bits per heavy atom. The normalized spacial score (nSPS) is 23.1. The number of ketones is 1. The molecule has 3 aliphatic rings. The minimum Gasteiger partial charge on any atom is -0.508 e. The molecule has 2 aromatic rings. The fourth-order valence-corrected chi connectivity index (χ4v) is 4.78. The van der Waals surface area contributed by atoms with E-state index in [0.717, 1.165) is 50.0 Å². The number of hydrogen-bond donors (Lipinski definition) is 4.